The summed E-state index contributed by atoms with van der Waals surface area (Å²) in [5.41, 5.74) is -6.70. The molecule has 0 saturated heterocycles. The van der Waals surface area contributed by atoms with Crippen LogP contribution >= 0.6 is 0 Å². The predicted octanol–water partition coefficient (Wildman–Crippen LogP) is 7.08. The van der Waals surface area contributed by atoms with Gasteiger partial charge in [-0.3, -0.25) is 14.4 Å². The first kappa shape index (κ1) is 32.0. The van der Waals surface area contributed by atoms with Crippen molar-refractivity contribution in [3.05, 3.63) is 82.9 Å². The Morgan fingerprint density at radius 3 is 1.70 bits per heavy atom. The number of Topliss-reactive ketones (excluding diaryl/α,β-unsaturated/α-hetero) is 2. The minimum atomic E-state index is -5.85. The molecule has 0 saturated carbocycles. The Balaban J connectivity index is 2.21. The molecule has 4 rings (SSSR count). The monoisotopic (exact) mass is 634 g/mol. The second-order valence-electron chi connectivity index (χ2n) is 9.16. The number of anilines is 1. The highest BCUT2D eigenvalue weighted by Gasteiger charge is 2.49. The van der Waals surface area contributed by atoms with Gasteiger partial charge in [0.2, 0.25) is 0 Å². The van der Waals surface area contributed by atoms with E-state index in [1.165, 1.54) is 23.5 Å². The fourth-order valence-corrected chi connectivity index (χ4v) is 4.52. The van der Waals surface area contributed by atoms with Gasteiger partial charge in [0.05, 0.1) is 16.8 Å². The molecule has 0 radical (unpaired) electrons. The molecular weight excluding hydrogens is 618 g/mol. The molecule has 0 spiro atoms. The summed E-state index contributed by atoms with van der Waals surface area (Å²) in [6.07, 6.45) is -17.2. The Hall–Kier alpha value is -4.96. The topological polar surface area (TPSA) is 86.0 Å². The first-order valence-corrected chi connectivity index (χ1v) is 12.0. The lowest BCUT2D eigenvalue weighted by molar-refractivity contribution is -0.167. The van der Waals surface area contributed by atoms with Crippen molar-refractivity contribution in [1.82, 2.24) is 14.3 Å². The molecule has 17 heteroatoms. The second kappa shape index (κ2) is 10.9. The normalized spacial score (nSPS) is 12.4. The smallest absolute Gasteiger partial charge is 0.317 e. The third-order valence-electron chi connectivity index (χ3n) is 6.31. The van der Waals surface area contributed by atoms with Crippen LogP contribution in [0.25, 0.3) is 22.6 Å². The van der Waals surface area contributed by atoms with Crippen LogP contribution in [-0.2, 0) is 4.79 Å². The van der Waals surface area contributed by atoms with Gasteiger partial charge in [-0.05, 0) is 50.2 Å². The SMILES string of the molecule is Cc1c(C(=O)C(F)(F)F)c(-c2nn(-c3ccccc3)c(NC(=O)C(F)(F)F)c2C(=O)C(F)(F)F)c(C)n1-c1ccc(F)cc1. The summed E-state index contributed by atoms with van der Waals surface area (Å²) in [6, 6.07) is 10.0. The van der Waals surface area contributed by atoms with Gasteiger partial charge in [0.25, 0.3) is 11.6 Å². The molecule has 0 bridgehead atoms. The van der Waals surface area contributed by atoms with Crippen molar-refractivity contribution < 1.29 is 58.3 Å². The Labute approximate surface area is 239 Å². The van der Waals surface area contributed by atoms with E-state index in [1.807, 2.05) is 0 Å². The number of benzene rings is 2. The van der Waals surface area contributed by atoms with Crippen LogP contribution in [0.1, 0.15) is 32.1 Å². The average Bonchev–Trinajstić information content (AvgIpc) is 3.40. The summed E-state index contributed by atoms with van der Waals surface area (Å²) in [5, 5.41) is 4.97. The van der Waals surface area contributed by atoms with Crippen molar-refractivity contribution >= 4 is 23.3 Å². The van der Waals surface area contributed by atoms with Gasteiger partial charge in [0.1, 0.15) is 17.3 Å². The van der Waals surface area contributed by atoms with Gasteiger partial charge in [0.15, 0.2) is 0 Å². The minimum Gasteiger partial charge on any atom is -0.317 e. The number of carbonyl (C=O) groups is 3. The molecule has 44 heavy (non-hydrogen) atoms. The second-order valence-corrected chi connectivity index (χ2v) is 9.16. The van der Waals surface area contributed by atoms with Crippen molar-refractivity contribution in [3.63, 3.8) is 0 Å². The third kappa shape index (κ3) is 5.80. The zero-order valence-corrected chi connectivity index (χ0v) is 22.0. The van der Waals surface area contributed by atoms with Crippen LogP contribution in [0, 0.1) is 19.7 Å². The number of aromatic nitrogens is 3. The van der Waals surface area contributed by atoms with Crippen LogP contribution in [-0.4, -0.2) is 50.4 Å². The van der Waals surface area contributed by atoms with Gasteiger partial charge in [0, 0.05) is 22.6 Å². The maximum atomic E-state index is 13.9. The van der Waals surface area contributed by atoms with Crippen molar-refractivity contribution in [1.29, 1.82) is 0 Å². The first-order chi connectivity index (χ1) is 20.2. The summed E-state index contributed by atoms with van der Waals surface area (Å²) >= 11 is 0. The quantitative estimate of drug-likeness (QED) is 0.182. The van der Waals surface area contributed by atoms with E-state index in [0.717, 1.165) is 54.8 Å². The van der Waals surface area contributed by atoms with E-state index in [0.29, 0.717) is 4.68 Å². The number of halogens is 10. The van der Waals surface area contributed by atoms with Gasteiger partial charge in [-0.25, -0.2) is 9.07 Å². The van der Waals surface area contributed by atoms with Gasteiger partial charge in [-0.2, -0.15) is 44.6 Å². The number of hydrogen-bond donors (Lipinski definition) is 1. The fourth-order valence-electron chi connectivity index (χ4n) is 4.52. The molecule has 1 N–H and O–H groups in total. The van der Waals surface area contributed by atoms with Crippen LogP contribution in [0.4, 0.5) is 49.7 Å². The zero-order valence-electron chi connectivity index (χ0n) is 22.0. The lowest BCUT2D eigenvalue weighted by atomic mass is 9.97. The lowest BCUT2D eigenvalue weighted by Gasteiger charge is -2.13. The molecule has 0 aliphatic rings. The van der Waals surface area contributed by atoms with Crippen molar-refractivity contribution in [2.24, 2.45) is 0 Å². The Morgan fingerprint density at radius 1 is 0.682 bits per heavy atom. The molecule has 0 aliphatic carbocycles. The number of rotatable bonds is 6. The number of amides is 1. The van der Waals surface area contributed by atoms with Gasteiger partial charge >= 0.3 is 24.4 Å². The molecule has 2 aromatic heterocycles. The molecule has 2 aromatic carbocycles. The molecule has 232 valence electrons. The molecule has 0 atom stereocenters. The minimum absolute atomic E-state index is 0.0688. The number of nitrogens with zero attached hydrogens (tertiary/aromatic N) is 3. The zero-order chi connectivity index (χ0) is 32.9. The third-order valence-corrected chi connectivity index (χ3v) is 6.31. The van der Waals surface area contributed by atoms with E-state index in [2.05, 4.69) is 5.10 Å². The summed E-state index contributed by atoms with van der Waals surface area (Å²) in [4.78, 5) is 37.4. The Morgan fingerprint density at radius 2 is 1.20 bits per heavy atom. The van der Waals surface area contributed by atoms with Crippen LogP contribution < -0.4 is 5.32 Å². The number of ketones is 2. The molecule has 0 unspecified atom stereocenters. The maximum absolute atomic E-state index is 13.9. The Kier molecular flexibility index (Phi) is 7.95. The molecule has 2 heterocycles. The fraction of sp³-hybridized carbons (Fsp3) is 0.185. The van der Waals surface area contributed by atoms with Gasteiger partial charge < -0.3 is 9.88 Å². The molecule has 1 amide bonds. The van der Waals surface area contributed by atoms with E-state index >= 15 is 0 Å². The van der Waals surface area contributed by atoms with E-state index in [1.54, 1.807) is 0 Å². The summed E-state index contributed by atoms with van der Waals surface area (Å²) in [6.45, 7) is 2.01. The standard InChI is InChI=1S/C27H16F10N4O3/c1-12-17(18(21(42)25(29,30)31)13(2)40(12)15-10-8-14(28)9-11-15)20-19(22(43)26(32,33)34)23(38-24(44)27(35,36)37)41(39-20)16-6-4-3-5-7-16/h3-11H,1-2H3,(H,38,44). The van der Waals surface area contributed by atoms with E-state index in [-0.39, 0.29) is 11.4 Å². The average molecular weight is 634 g/mol. The molecule has 7 nitrogen and oxygen atoms in total. The maximum Gasteiger partial charge on any atom is 0.471 e. The van der Waals surface area contributed by atoms with Gasteiger partial charge in [-0.1, -0.05) is 18.2 Å². The lowest BCUT2D eigenvalue weighted by Crippen LogP contribution is -2.32. The highest BCUT2D eigenvalue weighted by atomic mass is 19.4. The van der Waals surface area contributed by atoms with E-state index < -0.39 is 81.4 Å². The van der Waals surface area contributed by atoms with Crippen molar-refractivity contribution in [2.45, 2.75) is 32.4 Å². The van der Waals surface area contributed by atoms with Crippen LogP contribution in [0.15, 0.2) is 54.6 Å². The number of hydrogen-bond acceptors (Lipinski definition) is 4. The summed E-state index contributed by atoms with van der Waals surface area (Å²) in [7, 11) is 0. The highest BCUT2D eigenvalue weighted by molar-refractivity contribution is 6.15. The predicted molar refractivity (Wildman–Crippen MR) is 133 cm³/mol. The van der Waals surface area contributed by atoms with Crippen LogP contribution in [0.2, 0.25) is 0 Å². The van der Waals surface area contributed by atoms with E-state index in [9.17, 15) is 58.3 Å². The summed E-state index contributed by atoms with van der Waals surface area (Å²) in [5.74, 6) is -10.6. The largest absolute Gasteiger partial charge is 0.471 e. The van der Waals surface area contributed by atoms with Crippen LogP contribution in [0.3, 0.4) is 0 Å². The molecular formula is C27H16F10N4O3. The van der Waals surface area contributed by atoms with Crippen LogP contribution in [0.5, 0.6) is 0 Å². The van der Waals surface area contributed by atoms with Gasteiger partial charge in [-0.15, -0.1) is 0 Å². The summed E-state index contributed by atoms with van der Waals surface area (Å²) < 4.78 is 138. The molecule has 4 aromatic rings. The number of alkyl halides is 9. The molecule has 0 fully saturated rings. The number of nitrogens with one attached hydrogen (secondary N) is 1. The first-order valence-electron chi connectivity index (χ1n) is 12.0. The number of carbonyl (C=O) groups excluding carboxylic acids is 3. The number of para-hydroxylation sites is 1. The molecule has 0 aliphatic heterocycles. The van der Waals surface area contributed by atoms with Crippen molar-refractivity contribution in [2.75, 3.05) is 5.32 Å². The highest BCUT2D eigenvalue weighted by Crippen LogP contribution is 2.43. The Bertz CT molecular complexity index is 1770. The van der Waals surface area contributed by atoms with E-state index in [4.69, 9.17) is 0 Å². The van der Waals surface area contributed by atoms with Crippen molar-refractivity contribution in [3.8, 4) is 22.6 Å².